The highest BCUT2D eigenvalue weighted by molar-refractivity contribution is 7.28. The van der Waals surface area contributed by atoms with Crippen molar-refractivity contribution in [1.82, 2.24) is 0 Å². The topological polar surface area (TPSA) is 0 Å². The fourth-order valence-electron chi connectivity index (χ4n) is 1.51. The Morgan fingerprint density at radius 2 is 1.56 bits per heavy atom. The molecule has 0 fully saturated rings. The predicted molar refractivity (Wildman–Crippen MR) is 72.7 cm³/mol. The van der Waals surface area contributed by atoms with Crippen LogP contribution >= 0.6 is 11.3 Å². The van der Waals surface area contributed by atoms with Gasteiger partial charge in [0.05, 0.1) is 8.07 Å². The number of rotatable bonds is 2. The van der Waals surface area contributed by atoms with Crippen molar-refractivity contribution in [2.24, 2.45) is 0 Å². The van der Waals surface area contributed by atoms with Crippen LogP contribution in [0.25, 0.3) is 10.4 Å². The van der Waals surface area contributed by atoms with Crippen LogP contribution in [-0.4, -0.2) is 8.07 Å². The van der Waals surface area contributed by atoms with Crippen LogP contribution in [0.5, 0.6) is 0 Å². The Labute approximate surface area is 101 Å². The van der Waals surface area contributed by atoms with Gasteiger partial charge in [0.1, 0.15) is 5.82 Å². The minimum atomic E-state index is -1.21. The van der Waals surface area contributed by atoms with Gasteiger partial charge in [-0.15, -0.1) is 11.3 Å². The largest absolute Gasteiger partial charge is 0.207 e. The third kappa shape index (κ3) is 2.42. The first-order valence-corrected chi connectivity index (χ1v) is 9.65. The number of hydrogen-bond acceptors (Lipinski definition) is 1. The lowest BCUT2D eigenvalue weighted by Gasteiger charge is -2.12. The molecule has 0 spiro atoms. The lowest BCUT2D eigenvalue weighted by molar-refractivity contribution is 0.628. The smallest absolute Gasteiger partial charge is 0.123 e. The van der Waals surface area contributed by atoms with E-state index >= 15 is 0 Å². The minimum Gasteiger partial charge on any atom is -0.207 e. The average Bonchev–Trinajstić information content (AvgIpc) is 2.67. The number of halogens is 1. The molecule has 0 aliphatic carbocycles. The van der Waals surface area contributed by atoms with E-state index in [1.54, 1.807) is 0 Å². The van der Waals surface area contributed by atoms with Crippen molar-refractivity contribution in [3.63, 3.8) is 0 Å². The third-order valence-corrected chi connectivity index (χ3v) is 7.21. The summed E-state index contributed by atoms with van der Waals surface area (Å²) in [7, 11) is -1.21. The Morgan fingerprint density at radius 3 is 2.06 bits per heavy atom. The van der Waals surface area contributed by atoms with Crippen LogP contribution in [0.4, 0.5) is 4.39 Å². The van der Waals surface area contributed by atoms with Gasteiger partial charge in [0.15, 0.2) is 0 Å². The summed E-state index contributed by atoms with van der Waals surface area (Å²) in [6, 6.07) is 11.1. The number of hydrogen-bond donors (Lipinski definition) is 0. The first-order valence-electron chi connectivity index (χ1n) is 5.33. The third-order valence-electron chi connectivity index (χ3n) is 2.47. The zero-order valence-corrected chi connectivity index (χ0v) is 11.6. The Kier molecular flexibility index (Phi) is 2.99. The SMILES string of the molecule is C[Si](C)(C)c1ccc(-c2ccc(F)cc2)s1. The molecular weight excluding hydrogens is 235 g/mol. The second-order valence-electron chi connectivity index (χ2n) is 4.92. The van der Waals surface area contributed by atoms with Crippen molar-refractivity contribution >= 4 is 23.9 Å². The molecule has 0 atom stereocenters. The minimum absolute atomic E-state index is 0.175. The Bertz CT molecular complexity index is 479. The summed E-state index contributed by atoms with van der Waals surface area (Å²) in [6.07, 6.45) is 0. The van der Waals surface area contributed by atoms with E-state index < -0.39 is 8.07 Å². The van der Waals surface area contributed by atoms with E-state index in [4.69, 9.17) is 0 Å². The molecule has 0 unspecified atom stereocenters. The Balaban J connectivity index is 2.35. The van der Waals surface area contributed by atoms with Crippen LogP contribution in [0.2, 0.25) is 19.6 Å². The maximum Gasteiger partial charge on any atom is 0.123 e. The molecule has 0 amide bonds. The zero-order valence-electron chi connectivity index (χ0n) is 9.75. The summed E-state index contributed by atoms with van der Waals surface area (Å²) in [5.74, 6) is -0.175. The number of thiophene rings is 1. The molecule has 1 aromatic heterocycles. The predicted octanol–water partition coefficient (Wildman–Crippen LogP) is 4.10. The first kappa shape index (κ1) is 11.5. The van der Waals surface area contributed by atoms with Gasteiger partial charge >= 0.3 is 0 Å². The van der Waals surface area contributed by atoms with Crippen LogP contribution in [0.15, 0.2) is 36.4 Å². The molecule has 2 aromatic rings. The van der Waals surface area contributed by atoms with Gasteiger partial charge in [-0.25, -0.2) is 4.39 Å². The molecular formula is C13H15FSSi. The maximum absolute atomic E-state index is 12.8. The molecule has 84 valence electrons. The van der Waals surface area contributed by atoms with Crippen molar-refractivity contribution in [2.75, 3.05) is 0 Å². The molecule has 0 N–H and O–H groups in total. The molecule has 0 aliphatic heterocycles. The van der Waals surface area contributed by atoms with Gasteiger partial charge in [-0.1, -0.05) is 37.8 Å². The fraction of sp³-hybridized carbons (Fsp3) is 0.231. The molecule has 16 heavy (non-hydrogen) atoms. The summed E-state index contributed by atoms with van der Waals surface area (Å²) < 4.78 is 14.3. The van der Waals surface area contributed by atoms with Gasteiger partial charge in [-0.2, -0.15) is 0 Å². The first-order chi connectivity index (χ1) is 7.47. The van der Waals surface area contributed by atoms with Gasteiger partial charge in [-0.05, 0) is 28.3 Å². The second-order valence-corrected chi connectivity index (χ2v) is 11.4. The maximum atomic E-state index is 12.8. The summed E-state index contributed by atoms with van der Waals surface area (Å²) >= 11 is 1.84. The Hall–Kier alpha value is -0.933. The van der Waals surface area contributed by atoms with Gasteiger partial charge < -0.3 is 0 Å². The summed E-state index contributed by atoms with van der Waals surface area (Å²) in [5, 5.41) is 0. The lowest BCUT2D eigenvalue weighted by Crippen LogP contribution is -2.34. The zero-order chi connectivity index (χ0) is 11.8. The van der Waals surface area contributed by atoms with Gasteiger partial charge in [-0.3, -0.25) is 0 Å². The highest BCUT2D eigenvalue weighted by Crippen LogP contribution is 2.25. The van der Waals surface area contributed by atoms with Crippen LogP contribution in [0, 0.1) is 5.82 Å². The van der Waals surface area contributed by atoms with Gasteiger partial charge in [0.2, 0.25) is 0 Å². The molecule has 0 bridgehead atoms. The van der Waals surface area contributed by atoms with Crippen molar-refractivity contribution in [3.05, 3.63) is 42.2 Å². The van der Waals surface area contributed by atoms with Crippen molar-refractivity contribution in [2.45, 2.75) is 19.6 Å². The standard InChI is InChI=1S/C13H15FSSi/c1-16(2,3)13-9-8-12(15-13)10-4-6-11(14)7-5-10/h4-9H,1-3H3. The molecule has 1 heterocycles. The monoisotopic (exact) mass is 250 g/mol. The quantitative estimate of drug-likeness (QED) is 0.704. The second kappa shape index (κ2) is 4.15. The summed E-state index contributed by atoms with van der Waals surface area (Å²) in [5.41, 5.74) is 1.11. The molecule has 2 rings (SSSR count). The van der Waals surface area contributed by atoms with E-state index in [0.717, 1.165) is 5.56 Å². The molecule has 1 aromatic carbocycles. The fourth-order valence-corrected chi connectivity index (χ4v) is 4.41. The van der Waals surface area contributed by atoms with E-state index in [0.29, 0.717) is 0 Å². The molecule has 0 nitrogen and oxygen atoms in total. The summed E-state index contributed by atoms with van der Waals surface area (Å²) in [4.78, 5) is 1.23. The number of benzene rings is 1. The van der Waals surface area contributed by atoms with Crippen LogP contribution < -0.4 is 4.50 Å². The van der Waals surface area contributed by atoms with Crippen molar-refractivity contribution in [3.8, 4) is 10.4 Å². The summed E-state index contributed by atoms with van der Waals surface area (Å²) in [6.45, 7) is 7.02. The Morgan fingerprint density at radius 1 is 0.938 bits per heavy atom. The van der Waals surface area contributed by atoms with Gasteiger partial charge in [0.25, 0.3) is 0 Å². The molecule has 3 heteroatoms. The highest BCUT2D eigenvalue weighted by Gasteiger charge is 2.18. The highest BCUT2D eigenvalue weighted by atomic mass is 32.1. The lowest BCUT2D eigenvalue weighted by atomic mass is 10.2. The van der Waals surface area contributed by atoms with E-state index in [1.165, 1.54) is 21.5 Å². The van der Waals surface area contributed by atoms with E-state index in [2.05, 4.69) is 31.8 Å². The van der Waals surface area contributed by atoms with E-state index in [9.17, 15) is 4.39 Å². The van der Waals surface area contributed by atoms with Crippen molar-refractivity contribution < 1.29 is 4.39 Å². The van der Waals surface area contributed by atoms with Crippen LogP contribution in [-0.2, 0) is 0 Å². The van der Waals surface area contributed by atoms with Gasteiger partial charge in [0, 0.05) is 4.88 Å². The van der Waals surface area contributed by atoms with E-state index in [1.807, 2.05) is 23.5 Å². The average molecular weight is 250 g/mol. The van der Waals surface area contributed by atoms with Crippen LogP contribution in [0.1, 0.15) is 0 Å². The molecule has 0 aliphatic rings. The van der Waals surface area contributed by atoms with Crippen LogP contribution in [0.3, 0.4) is 0 Å². The van der Waals surface area contributed by atoms with E-state index in [-0.39, 0.29) is 5.82 Å². The molecule has 0 saturated carbocycles. The normalized spacial score (nSPS) is 11.8. The molecule has 0 saturated heterocycles. The molecule has 0 radical (unpaired) electrons. The van der Waals surface area contributed by atoms with Crippen molar-refractivity contribution in [1.29, 1.82) is 0 Å².